The minimum absolute atomic E-state index is 0.215. The van der Waals surface area contributed by atoms with E-state index >= 15 is 0 Å². The van der Waals surface area contributed by atoms with Crippen molar-refractivity contribution in [3.63, 3.8) is 0 Å². The maximum absolute atomic E-state index is 13.2. The molecule has 0 saturated heterocycles. The second kappa shape index (κ2) is 9.08. The van der Waals surface area contributed by atoms with E-state index in [2.05, 4.69) is 10.4 Å². The summed E-state index contributed by atoms with van der Waals surface area (Å²) >= 11 is 0. The summed E-state index contributed by atoms with van der Waals surface area (Å²) in [5.74, 6) is -0.408. The smallest absolute Gasteiger partial charge is 0.338 e. The molecular weight excluding hydrogens is 393 g/mol. The largest absolute Gasteiger partial charge is 0.493 e. The fraction of sp³-hybridized carbons (Fsp3) is 0.190. The lowest BCUT2D eigenvalue weighted by molar-refractivity contribution is -0.119. The van der Waals surface area contributed by atoms with Crippen molar-refractivity contribution in [1.29, 1.82) is 0 Å². The average Bonchev–Trinajstić information content (AvgIpc) is 3.11. The standard InChI is InChI=1S/C21H20FN3O5/c1-13-10-19(25(24-13)16-7-5-15(22)6-8-16)23-20(26)12-30-21(27)14-4-9-17(28-2)18(11-14)29-3/h4-11H,12H2,1-3H3,(H,23,26). The number of esters is 1. The van der Waals surface area contributed by atoms with Gasteiger partial charge in [0.2, 0.25) is 0 Å². The summed E-state index contributed by atoms with van der Waals surface area (Å²) in [7, 11) is 2.94. The fourth-order valence-electron chi connectivity index (χ4n) is 2.72. The van der Waals surface area contributed by atoms with Gasteiger partial charge in [0.05, 0.1) is 31.2 Å². The predicted molar refractivity (Wildman–Crippen MR) is 107 cm³/mol. The van der Waals surface area contributed by atoms with Crippen LogP contribution in [0.5, 0.6) is 11.5 Å². The van der Waals surface area contributed by atoms with Crippen LogP contribution in [-0.2, 0) is 9.53 Å². The van der Waals surface area contributed by atoms with E-state index < -0.39 is 18.5 Å². The van der Waals surface area contributed by atoms with Crippen LogP contribution >= 0.6 is 0 Å². The first-order valence-corrected chi connectivity index (χ1v) is 8.93. The normalized spacial score (nSPS) is 10.4. The SMILES string of the molecule is COc1ccc(C(=O)OCC(=O)Nc2cc(C)nn2-c2ccc(F)cc2)cc1OC. The molecule has 1 heterocycles. The van der Waals surface area contributed by atoms with Crippen LogP contribution in [0, 0.1) is 12.7 Å². The molecule has 0 aliphatic carbocycles. The minimum atomic E-state index is -0.686. The van der Waals surface area contributed by atoms with Gasteiger partial charge in [-0.25, -0.2) is 13.9 Å². The Morgan fingerprint density at radius 2 is 1.73 bits per heavy atom. The lowest BCUT2D eigenvalue weighted by Crippen LogP contribution is -2.22. The monoisotopic (exact) mass is 413 g/mol. The van der Waals surface area contributed by atoms with E-state index in [-0.39, 0.29) is 11.4 Å². The highest BCUT2D eigenvalue weighted by molar-refractivity contribution is 5.95. The highest BCUT2D eigenvalue weighted by atomic mass is 19.1. The molecule has 3 rings (SSSR count). The zero-order valence-electron chi connectivity index (χ0n) is 16.6. The Labute approximate surface area is 172 Å². The van der Waals surface area contributed by atoms with Crippen molar-refractivity contribution in [2.24, 2.45) is 0 Å². The Bertz CT molecular complexity index is 1060. The molecule has 2 aromatic carbocycles. The zero-order valence-corrected chi connectivity index (χ0v) is 16.6. The molecular formula is C21H20FN3O5. The summed E-state index contributed by atoms with van der Waals surface area (Å²) in [6.45, 7) is 1.26. The number of carbonyl (C=O) groups is 2. The van der Waals surface area contributed by atoms with Crippen molar-refractivity contribution < 1.29 is 28.2 Å². The minimum Gasteiger partial charge on any atom is -0.493 e. The van der Waals surface area contributed by atoms with E-state index in [1.165, 1.54) is 55.3 Å². The highest BCUT2D eigenvalue weighted by Crippen LogP contribution is 2.27. The van der Waals surface area contributed by atoms with Crippen LogP contribution in [-0.4, -0.2) is 42.5 Å². The molecule has 1 N–H and O–H groups in total. The quantitative estimate of drug-likeness (QED) is 0.599. The number of methoxy groups -OCH3 is 2. The summed E-state index contributed by atoms with van der Waals surface area (Å²) < 4.78 is 30.0. The third kappa shape index (κ3) is 4.75. The van der Waals surface area contributed by atoms with E-state index in [0.29, 0.717) is 28.7 Å². The number of aromatic nitrogens is 2. The molecule has 0 fully saturated rings. The molecule has 0 aliphatic heterocycles. The molecule has 8 nitrogen and oxygen atoms in total. The Morgan fingerprint density at radius 1 is 1.03 bits per heavy atom. The molecule has 0 atom stereocenters. The van der Waals surface area contributed by atoms with Crippen molar-refractivity contribution in [2.75, 3.05) is 26.1 Å². The Hall–Kier alpha value is -3.88. The van der Waals surface area contributed by atoms with Crippen LogP contribution in [0.4, 0.5) is 10.2 Å². The number of halogens is 1. The van der Waals surface area contributed by atoms with Gasteiger partial charge in [0, 0.05) is 6.07 Å². The number of benzene rings is 2. The van der Waals surface area contributed by atoms with E-state index in [9.17, 15) is 14.0 Å². The molecule has 3 aromatic rings. The van der Waals surface area contributed by atoms with Gasteiger partial charge in [0.1, 0.15) is 11.6 Å². The summed E-state index contributed by atoms with van der Waals surface area (Å²) in [5.41, 5.74) is 1.44. The molecule has 9 heteroatoms. The molecule has 0 saturated carbocycles. The Morgan fingerprint density at radius 3 is 2.40 bits per heavy atom. The molecule has 1 aromatic heterocycles. The molecule has 30 heavy (non-hydrogen) atoms. The topological polar surface area (TPSA) is 91.7 Å². The summed E-state index contributed by atoms with van der Waals surface area (Å²) in [6.07, 6.45) is 0. The predicted octanol–water partition coefficient (Wildman–Crippen LogP) is 3.13. The van der Waals surface area contributed by atoms with Crippen LogP contribution in [0.15, 0.2) is 48.5 Å². The number of hydrogen-bond donors (Lipinski definition) is 1. The average molecular weight is 413 g/mol. The van der Waals surface area contributed by atoms with Gasteiger partial charge in [-0.3, -0.25) is 4.79 Å². The molecule has 0 radical (unpaired) electrons. The number of anilines is 1. The van der Waals surface area contributed by atoms with Gasteiger partial charge >= 0.3 is 5.97 Å². The summed E-state index contributed by atoms with van der Waals surface area (Å²) in [5, 5.41) is 6.93. The second-order valence-electron chi connectivity index (χ2n) is 6.25. The molecule has 0 spiro atoms. The Balaban J connectivity index is 1.65. The van der Waals surface area contributed by atoms with Gasteiger partial charge in [-0.15, -0.1) is 0 Å². The number of rotatable bonds is 7. The van der Waals surface area contributed by atoms with Crippen molar-refractivity contribution in [1.82, 2.24) is 9.78 Å². The number of hydrogen-bond acceptors (Lipinski definition) is 6. The molecule has 0 bridgehead atoms. The van der Waals surface area contributed by atoms with Crippen LogP contribution in [0.2, 0.25) is 0 Å². The second-order valence-corrected chi connectivity index (χ2v) is 6.25. The first-order valence-electron chi connectivity index (χ1n) is 8.93. The van der Waals surface area contributed by atoms with Crippen LogP contribution in [0.1, 0.15) is 16.1 Å². The summed E-state index contributed by atoms with van der Waals surface area (Å²) in [6, 6.07) is 11.9. The van der Waals surface area contributed by atoms with Gasteiger partial charge in [-0.05, 0) is 49.4 Å². The molecule has 0 aliphatic rings. The summed E-state index contributed by atoms with van der Waals surface area (Å²) in [4.78, 5) is 24.5. The number of nitrogens with one attached hydrogen (secondary N) is 1. The Kier molecular flexibility index (Phi) is 6.31. The van der Waals surface area contributed by atoms with E-state index in [1.54, 1.807) is 19.1 Å². The third-order valence-corrected chi connectivity index (χ3v) is 4.12. The van der Waals surface area contributed by atoms with Gasteiger partial charge in [0.15, 0.2) is 18.1 Å². The first kappa shape index (κ1) is 20.8. The van der Waals surface area contributed by atoms with E-state index in [4.69, 9.17) is 14.2 Å². The number of aryl methyl sites for hydroxylation is 1. The van der Waals surface area contributed by atoms with Gasteiger partial charge in [-0.2, -0.15) is 5.10 Å². The lowest BCUT2D eigenvalue weighted by atomic mass is 10.2. The van der Waals surface area contributed by atoms with Crippen molar-refractivity contribution in [3.8, 4) is 17.2 Å². The lowest BCUT2D eigenvalue weighted by Gasteiger charge is -2.11. The zero-order chi connectivity index (χ0) is 21.7. The van der Waals surface area contributed by atoms with Crippen molar-refractivity contribution in [3.05, 3.63) is 65.6 Å². The van der Waals surface area contributed by atoms with Crippen molar-refractivity contribution >= 4 is 17.7 Å². The van der Waals surface area contributed by atoms with Crippen molar-refractivity contribution in [2.45, 2.75) is 6.92 Å². The van der Waals surface area contributed by atoms with Gasteiger partial charge in [-0.1, -0.05) is 0 Å². The van der Waals surface area contributed by atoms with Gasteiger partial charge < -0.3 is 19.5 Å². The molecule has 156 valence electrons. The molecule has 0 unspecified atom stereocenters. The van der Waals surface area contributed by atoms with Crippen LogP contribution < -0.4 is 14.8 Å². The number of carbonyl (C=O) groups excluding carboxylic acids is 2. The highest BCUT2D eigenvalue weighted by Gasteiger charge is 2.15. The van der Waals surface area contributed by atoms with E-state index in [1.807, 2.05) is 0 Å². The van der Waals surface area contributed by atoms with Gasteiger partial charge in [0.25, 0.3) is 5.91 Å². The maximum Gasteiger partial charge on any atom is 0.338 e. The third-order valence-electron chi connectivity index (χ3n) is 4.12. The van der Waals surface area contributed by atoms with E-state index in [0.717, 1.165) is 0 Å². The van der Waals surface area contributed by atoms with Crippen LogP contribution in [0.3, 0.4) is 0 Å². The van der Waals surface area contributed by atoms with Crippen LogP contribution in [0.25, 0.3) is 5.69 Å². The number of ether oxygens (including phenoxy) is 3. The number of amides is 1. The molecule has 1 amide bonds. The number of nitrogens with zero attached hydrogens (tertiary/aromatic N) is 2. The fourth-order valence-corrected chi connectivity index (χ4v) is 2.72. The first-order chi connectivity index (χ1) is 14.4. The maximum atomic E-state index is 13.2.